The molecular formula is C10H11ClO3. The molecule has 4 heteroatoms. The van der Waals surface area contributed by atoms with Crippen LogP contribution in [0.3, 0.4) is 0 Å². The number of hydrogen-bond donors (Lipinski definition) is 1. The van der Waals surface area contributed by atoms with E-state index in [4.69, 9.17) is 21.4 Å². The van der Waals surface area contributed by atoms with E-state index >= 15 is 0 Å². The fraction of sp³-hybridized carbons (Fsp3) is 0.300. The Morgan fingerprint density at radius 3 is 2.86 bits per heavy atom. The topological polar surface area (TPSA) is 46.5 Å². The zero-order valence-corrected chi connectivity index (χ0v) is 8.54. The Morgan fingerprint density at radius 1 is 1.57 bits per heavy atom. The van der Waals surface area contributed by atoms with E-state index in [1.54, 1.807) is 0 Å². The highest BCUT2D eigenvalue weighted by Crippen LogP contribution is 2.23. The molecule has 0 aliphatic rings. The van der Waals surface area contributed by atoms with Gasteiger partial charge in [-0.3, -0.25) is 0 Å². The van der Waals surface area contributed by atoms with Gasteiger partial charge in [-0.05, 0) is 24.6 Å². The number of benzene rings is 1. The molecule has 0 aliphatic carbocycles. The third-order valence-corrected chi connectivity index (χ3v) is 1.87. The van der Waals surface area contributed by atoms with Crippen molar-refractivity contribution in [3.05, 3.63) is 28.8 Å². The van der Waals surface area contributed by atoms with Gasteiger partial charge in [-0.15, -0.1) is 0 Å². The van der Waals surface area contributed by atoms with E-state index in [-0.39, 0.29) is 5.56 Å². The number of hydrogen-bond acceptors (Lipinski definition) is 2. The van der Waals surface area contributed by atoms with Crippen LogP contribution in [-0.2, 0) is 0 Å². The van der Waals surface area contributed by atoms with Crippen molar-refractivity contribution in [2.75, 3.05) is 6.61 Å². The average Bonchev–Trinajstić information content (AvgIpc) is 2.14. The van der Waals surface area contributed by atoms with Crippen molar-refractivity contribution in [3.63, 3.8) is 0 Å². The molecule has 0 spiro atoms. The first-order valence-electron chi connectivity index (χ1n) is 4.30. The molecule has 1 aromatic carbocycles. The second-order valence-corrected chi connectivity index (χ2v) is 3.23. The third-order valence-electron chi connectivity index (χ3n) is 1.64. The molecule has 0 amide bonds. The van der Waals surface area contributed by atoms with Crippen LogP contribution in [0.4, 0.5) is 0 Å². The van der Waals surface area contributed by atoms with Crippen LogP contribution >= 0.6 is 11.6 Å². The Bertz CT molecular complexity index is 336. The number of halogens is 1. The van der Waals surface area contributed by atoms with Crippen LogP contribution in [0.15, 0.2) is 18.2 Å². The van der Waals surface area contributed by atoms with E-state index in [1.165, 1.54) is 18.2 Å². The predicted octanol–water partition coefficient (Wildman–Crippen LogP) is 2.83. The molecule has 0 heterocycles. The van der Waals surface area contributed by atoms with Gasteiger partial charge in [-0.25, -0.2) is 4.79 Å². The summed E-state index contributed by atoms with van der Waals surface area (Å²) in [6.45, 7) is 2.44. The van der Waals surface area contributed by atoms with Crippen LogP contribution in [0.1, 0.15) is 23.7 Å². The number of carbonyl (C=O) groups is 1. The van der Waals surface area contributed by atoms with Gasteiger partial charge in [0.25, 0.3) is 0 Å². The van der Waals surface area contributed by atoms with Crippen molar-refractivity contribution in [1.29, 1.82) is 0 Å². The molecule has 76 valence electrons. The van der Waals surface area contributed by atoms with Crippen LogP contribution in [-0.4, -0.2) is 17.7 Å². The molecule has 0 aromatic heterocycles. The van der Waals surface area contributed by atoms with E-state index < -0.39 is 5.97 Å². The van der Waals surface area contributed by atoms with Crippen LogP contribution < -0.4 is 4.74 Å². The number of carboxylic acids is 1. The lowest BCUT2D eigenvalue weighted by atomic mass is 10.2. The zero-order chi connectivity index (χ0) is 10.6. The zero-order valence-electron chi connectivity index (χ0n) is 7.79. The van der Waals surface area contributed by atoms with Gasteiger partial charge < -0.3 is 9.84 Å². The second-order valence-electron chi connectivity index (χ2n) is 2.79. The molecular weight excluding hydrogens is 204 g/mol. The highest BCUT2D eigenvalue weighted by atomic mass is 35.5. The Morgan fingerprint density at radius 2 is 2.29 bits per heavy atom. The lowest BCUT2D eigenvalue weighted by Crippen LogP contribution is -2.03. The molecule has 0 aliphatic heterocycles. The SMILES string of the molecule is CCCOc1cc(Cl)ccc1C(=O)O. The summed E-state index contributed by atoms with van der Waals surface area (Å²) in [6, 6.07) is 4.49. The Balaban J connectivity index is 2.97. The average molecular weight is 215 g/mol. The van der Waals surface area contributed by atoms with Gasteiger partial charge in [0, 0.05) is 5.02 Å². The molecule has 1 N–H and O–H groups in total. The molecule has 14 heavy (non-hydrogen) atoms. The van der Waals surface area contributed by atoms with Gasteiger partial charge in [0.1, 0.15) is 11.3 Å². The summed E-state index contributed by atoms with van der Waals surface area (Å²) in [5.41, 5.74) is 0.142. The van der Waals surface area contributed by atoms with Crippen molar-refractivity contribution in [2.45, 2.75) is 13.3 Å². The molecule has 0 fully saturated rings. The fourth-order valence-corrected chi connectivity index (χ4v) is 1.17. The lowest BCUT2D eigenvalue weighted by Gasteiger charge is -2.07. The van der Waals surface area contributed by atoms with Crippen molar-refractivity contribution < 1.29 is 14.6 Å². The third kappa shape index (κ3) is 2.64. The Labute approximate surface area is 87.3 Å². The van der Waals surface area contributed by atoms with Crippen molar-refractivity contribution in [2.24, 2.45) is 0 Å². The normalized spacial score (nSPS) is 9.86. The molecule has 1 aromatic rings. The first-order chi connectivity index (χ1) is 6.65. The quantitative estimate of drug-likeness (QED) is 0.839. The summed E-state index contributed by atoms with van der Waals surface area (Å²) in [6.07, 6.45) is 0.825. The molecule has 0 saturated heterocycles. The molecule has 1 rings (SSSR count). The fourth-order valence-electron chi connectivity index (χ4n) is 1.00. The number of ether oxygens (including phenoxy) is 1. The lowest BCUT2D eigenvalue weighted by molar-refractivity contribution is 0.0692. The summed E-state index contributed by atoms with van der Waals surface area (Å²) in [7, 11) is 0. The van der Waals surface area contributed by atoms with Gasteiger partial charge in [0.15, 0.2) is 0 Å². The maximum Gasteiger partial charge on any atom is 0.339 e. The molecule has 0 bridgehead atoms. The van der Waals surface area contributed by atoms with Gasteiger partial charge >= 0.3 is 5.97 Å². The number of carboxylic acid groups (broad SMARTS) is 1. The minimum Gasteiger partial charge on any atom is -0.493 e. The van der Waals surface area contributed by atoms with Crippen molar-refractivity contribution >= 4 is 17.6 Å². The Hall–Kier alpha value is -1.22. The largest absolute Gasteiger partial charge is 0.493 e. The molecule has 0 unspecified atom stereocenters. The predicted molar refractivity (Wildman–Crippen MR) is 54.2 cm³/mol. The van der Waals surface area contributed by atoms with Gasteiger partial charge in [0.05, 0.1) is 6.61 Å². The number of rotatable bonds is 4. The first-order valence-corrected chi connectivity index (χ1v) is 4.68. The standard InChI is InChI=1S/C10H11ClO3/c1-2-5-14-9-6-7(11)3-4-8(9)10(12)13/h3-4,6H,2,5H2,1H3,(H,12,13). The first kappa shape index (κ1) is 10.9. The maximum absolute atomic E-state index is 10.8. The highest BCUT2D eigenvalue weighted by molar-refractivity contribution is 6.30. The maximum atomic E-state index is 10.8. The van der Waals surface area contributed by atoms with Gasteiger partial charge in [0.2, 0.25) is 0 Å². The molecule has 0 radical (unpaired) electrons. The van der Waals surface area contributed by atoms with E-state index in [9.17, 15) is 4.79 Å². The van der Waals surface area contributed by atoms with E-state index in [2.05, 4.69) is 0 Å². The molecule has 0 atom stereocenters. The van der Waals surface area contributed by atoms with E-state index in [0.717, 1.165) is 6.42 Å². The minimum atomic E-state index is -1.01. The van der Waals surface area contributed by atoms with Crippen LogP contribution in [0.2, 0.25) is 5.02 Å². The van der Waals surface area contributed by atoms with Gasteiger partial charge in [-0.2, -0.15) is 0 Å². The summed E-state index contributed by atoms with van der Waals surface area (Å²) < 4.78 is 5.26. The van der Waals surface area contributed by atoms with Crippen LogP contribution in [0.25, 0.3) is 0 Å². The van der Waals surface area contributed by atoms with Crippen LogP contribution in [0.5, 0.6) is 5.75 Å². The van der Waals surface area contributed by atoms with Crippen molar-refractivity contribution in [3.8, 4) is 5.75 Å². The summed E-state index contributed by atoms with van der Waals surface area (Å²) >= 11 is 5.73. The minimum absolute atomic E-state index is 0.142. The summed E-state index contributed by atoms with van der Waals surface area (Å²) in [5, 5.41) is 9.31. The smallest absolute Gasteiger partial charge is 0.339 e. The second kappa shape index (κ2) is 4.86. The van der Waals surface area contributed by atoms with Crippen LogP contribution in [0, 0.1) is 0 Å². The summed E-state index contributed by atoms with van der Waals surface area (Å²) in [5.74, 6) is -0.681. The monoisotopic (exact) mass is 214 g/mol. The van der Waals surface area contributed by atoms with E-state index in [1.807, 2.05) is 6.92 Å². The summed E-state index contributed by atoms with van der Waals surface area (Å²) in [4.78, 5) is 10.8. The Kier molecular flexibility index (Phi) is 3.77. The van der Waals surface area contributed by atoms with Crippen molar-refractivity contribution in [1.82, 2.24) is 0 Å². The number of aromatic carboxylic acids is 1. The molecule has 0 saturated carbocycles. The highest BCUT2D eigenvalue weighted by Gasteiger charge is 2.11. The van der Waals surface area contributed by atoms with E-state index in [0.29, 0.717) is 17.4 Å². The molecule has 3 nitrogen and oxygen atoms in total. The van der Waals surface area contributed by atoms with Gasteiger partial charge in [-0.1, -0.05) is 18.5 Å².